The van der Waals surface area contributed by atoms with E-state index in [1.807, 2.05) is 0 Å². The lowest BCUT2D eigenvalue weighted by Gasteiger charge is -2.30. The summed E-state index contributed by atoms with van der Waals surface area (Å²) in [6.45, 7) is 0.416. The molecule has 0 bridgehead atoms. The number of hydrogen-bond acceptors (Lipinski definition) is 4. The molecule has 0 radical (unpaired) electrons. The monoisotopic (exact) mass is 361 g/mol. The highest BCUT2D eigenvalue weighted by Gasteiger charge is 2.34. The number of carboxylic acids is 1. The highest BCUT2D eigenvalue weighted by Crippen LogP contribution is 2.30. The minimum absolute atomic E-state index is 0.0104. The van der Waals surface area contributed by atoms with Crippen LogP contribution in [0.3, 0.4) is 0 Å². The summed E-state index contributed by atoms with van der Waals surface area (Å²) in [7, 11) is 0. The summed E-state index contributed by atoms with van der Waals surface area (Å²) in [4.78, 5) is 35.8. The molecule has 2 aliphatic carbocycles. The number of carbonyl (C=O) groups is 2. The Morgan fingerprint density at radius 2 is 1.73 bits per heavy atom. The standard InChI is InChI=1S/C18H23N3O5/c22-17(23)13-3-5-14(6-4-13)19-18(24)20(15-9-10-15)11-12-1-7-16(8-2-12)21(25)26/h1-2,7-8,13-15H,3-6,9-11H2,(H,19,24)(H,22,23). The lowest BCUT2D eigenvalue weighted by Crippen LogP contribution is -2.46. The Morgan fingerprint density at radius 1 is 1.12 bits per heavy atom. The van der Waals surface area contributed by atoms with Crippen LogP contribution < -0.4 is 5.32 Å². The molecule has 2 aliphatic rings. The molecule has 8 nitrogen and oxygen atoms in total. The Balaban J connectivity index is 1.57. The van der Waals surface area contributed by atoms with Crippen molar-refractivity contribution in [2.45, 2.75) is 57.2 Å². The number of nitrogens with one attached hydrogen (secondary N) is 1. The second-order valence-corrected chi connectivity index (χ2v) is 7.12. The molecule has 1 aromatic rings. The fourth-order valence-corrected chi connectivity index (χ4v) is 3.41. The number of aliphatic carboxylic acids is 1. The second kappa shape index (κ2) is 7.72. The lowest BCUT2D eigenvalue weighted by molar-refractivity contribution is -0.384. The van der Waals surface area contributed by atoms with Crippen LogP contribution in [0, 0.1) is 16.0 Å². The molecule has 0 aromatic heterocycles. The molecular formula is C18H23N3O5. The number of hydrogen-bond donors (Lipinski definition) is 2. The van der Waals surface area contributed by atoms with E-state index in [2.05, 4.69) is 5.32 Å². The van der Waals surface area contributed by atoms with E-state index in [-0.39, 0.29) is 29.7 Å². The third kappa shape index (κ3) is 4.50. The van der Waals surface area contributed by atoms with Crippen molar-refractivity contribution in [2.24, 2.45) is 5.92 Å². The van der Waals surface area contributed by atoms with Gasteiger partial charge in [0, 0.05) is 30.8 Å². The number of carbonyl (C=O) groups excluding carboxylic acids is 1. The lowest BCUT2D eigenvalue weighted by atomic mass is 9.86. The molecule has 0 heterocycles. The van der Waals surface area contributed by atoms with Crippen LogP contribution in [-0.2, 0) is 11.3 Å². The number of nitro benzene ring substituents is 1. The number of nitro groups is 1. The minimum atomic E-state index is -0.757. The number of non-ortho nitro benzene ring substituents is 1. The molecule has 2 saturated carbocycles. The third-order valence-electron chi connectivity index (χ3n) is 5.15. The topological polar surface area (TPSA) is 113 Å². The Labute approximate surface area is 151 Å². The zero-order valence-electron chi connectivity index (χ0n) is 14.5. The SMILES string of the molecule is O=C(O)C1CCC(NC(=O)N(Cc2ccc([N+](=O)[O-])cc2)C2CC2)CC1. The van der Waals surface area contributed by atoms with Crippen LogP contribution in [0.4, 0.5) is 10.5 Å². The minimum Gasteiger partial charge on any atom is -0.481 e. The fraction of sp³-hybridized carbons (Fsp3) is 0.556. The van der Waals surface area contributed by atoms with Crippen molar-refractivity contribution in [1.82, 2.24) is 10.2 Å². The first-order valence-electron chi connectivity index (χ1n) is 8.97. The quantitative estimate of drug-likeness (QED) is 0.597. The van der Waals surface area contributed by atoms with E-state index in [0.29, 0.717) is 32.2 Å². The first kappa shape index (κ1) is 18.2. The Bertz CT molecular complexity index is 679. The summed E-state index contributed by atoms with van der Waals surface area (Å²) < 4.78 is 0. The summed E-state index contributed by atoms with van der Waals surface area (Å²) in [5.41, 5.74) is 0.888. The van der Waals surface area contributed by atoms with Gasteiger partial charge in [0.1, 0.15) is 0 Å². The van der Waals surface area contributed by atoms with Gasteiger partial charge in [0.2, 0.25) is 0 Å². The molecule has 0 aliphatic heterocycles. The highest BCUT2D eigenvalue weighted by molar-refractivity contribution is 5.75. The van der Waals surface area contributed by atoms with E-state index >= 15 is 0 Å². The molecule has 0 unspecified atom stereocenters. The molecular weight excluding hydrogens is 338 g/mol. The zero-order chi connectivity index (χ0) is 18.7. The van der Waals surface area contributed by atoms with Gasteiger partial charge in [0.25, 0.3) is 5.69 Å². The molecule has 1 aromatic carbocycles. The average Bonchev–Trinajstić information content (AvgIpc) is 3.45. The number of rotatable bonds is 6. The van der Waals surface area contributed by atoms with Gasteiger partial charge in [-0.05, 0) is 44.1 Å². The number of amides is 2. The molecule has 2 amide bonds. The normalized spacial score (nSPS) is 22.5. The first-order valence-corrected chi connectivity index (χ1v) is 8.97. The summed E-state index contributed by atoms with van der Waals surface area (Å²) >= 11 is 0. The smallest absolute Gasteiger partial charge is 0.318 e. The molecule has 3 rings (SSSR count). The van der Waals surface area contributed by atoms with Crippen LogP contribution in [0.25, 0.3) is 0 Å². The Morgan fingerprint density at radius 3 is 2.23 bits per heavy atom. The van der Waals surface area contributed by atoms with Gasteiger partial charge >= 0.3 is 12.0 Å². The van der Waals surface area contributed by atoms with E-state index in [1.54, 1.807) is 17.0 Å². The summed E-state index contributed by atoms with van der Waals surface area (Å²) in [5, 5.41) is 22.8. The van der Waals surface area contributed by atoms with Gasteiger partial charge in [-0.1, -0.05) is 12.1 Å². The first-order chi connectivity index (χ1) is 12.4. The Hall–Kier alpha value is -2.64. The van der Waals surface area contributed by atoms with Gasteiger partial charge in [0.15, 0.2) is 0 Å². The highest BCUT2D eigenvalue weighted by atomic mass is 16.6. The van der Waals surface area contributed by atoms with Gasteiger partial charge in [0.05, 0.1) is 10.8 Å². The van der Waals surface area contributed by atoms with E-state index < -0.39 is 10.9 Å². The summed E-state index contributed by atoms with van der Waals surface area (Å²) in [5.74, 6) is -1.06. The van der Waals surface area contributed by atoms with Gasteiger partial charge in [-0.2, -0.15) is 0 Å². The molecule has 0 atom stereocenters. The molecule has 8 heteroatoms. The van der Waals surface area contributed by atoms with Crippen molar-refractivity contribution < 1.29 is 19.6 Å². The number of nitrogens with zero attached hydrogens (tertiary/aromatic N) is 2. The van der Waals surface area contributed by atoms with Gasteiger partial charge < -0.3 is 15.3 Å². The van der Waals surface area contributed by atoms with Crippen molar-refractivity contribution in [3.63, 3.8) is 0 Å². The van der Waals surface area contributed by atoms with Crippen LogP contribution in [0.1, 0.15) is 44.1 Å². The Kier molecular flexibility index (Phi) is 5.39. The predicted molar refractivity (Wildman–Crippen MR) is 93.6 cm³/mol. The van der Waals surface area contributed by atoms with Gasteiger partial charge in [-0.25, -0.2) is 4.79 Å². The average molecular weight is 361 g/mol. The maximum atomic E-state index is 12.7. The van der Waals surface area contributed by atoms with Crippen LogP contribution in [0.5, 0.6) is 0 Å². The second-order valence-electron chi connectivity index (χ2n) is 7.12. The fourth-order valence-electron chi connectivity index (χ4n) is 3.41. The van der Waals surface area contributed by atoms with E-state index in [1.165, 1.54) is 12.1 Å². The van der Waals surface area contributed by atoms with Crippen molar-refractivity contribution in [2.75, 3.05) is 0 Å². The van der Waals surface area contributed by atoms with Crippen molar-refractivity contribution in [1.29, 1.82) is 0 Å². The van der Waals surface area contributed by atoms with Crippen LogP contribution >= 0.6 is 0 Å². The zero-order valence-corrected chi connectivity index (χ0v) is 14.5. The van der Waals surface area contributed by atoms with E-state index in [0.717, 1.165) is 18.4 Å². The van der Waals surface area contributed by atoms with E-state index in [4.69, 9.17) is 5.11 Å². The maximum absolute atomic E-state index is 12.7. The molecule has 140 valence electrons. The van der Waals surface area contributed by atoms with Crippen molar-refractivity contribution in [3.05, 3.63) is 39.9 Å². The summed E-state index contributed by atoms with van der Waals surface area (Å²) in [6, 6.07) is 6.34. The third-order valence-corrected chi connectivity index (χ3v) is 5.15. The number of carboxylic acid groups (broad SMARTS) is 1. The van der Waals surface area contributed by atoms with Crippen molar-refractivity contribution >= 4 is 17.7 Å². The van der Waals surface area contributed by atoms with Gasteiger partial charge in [-0.15, -0.1) is 0 Å². The number of urea groups is 1. The van der Waals surface area contributed by atoms with Crippen LogP contribution in [-0.4, -0.2) is 39.0 Å². The molecule has 2 fully saturated rings. The maximum Gasteiger partial charge on any atom is 0.318 e. The van der Waals surface area contributed by atoms with Crippen LogP contribution in [0.15, 0.2) is 24.3 Å². The van der Waals surface area contributed by atoms with Crippen LogP contribution in [0.2, 0.25) is 0 Å². The predicted octanol–water partition coefficient (Wildman–Crippen LogP) is 2.91. The number of benzene rings is 1. The largest absolute Gasteiger partial charge is 0.481 e. The van der Waals surface area contributed by atoms with Crippen molar-refractivity contribution in [3.8, 4) is 0 Å². The van der Waals surface area contributed by atoms with Gasteiger partial charge in [-0.3, -0.25) is 14.9 Å². The summed E-state index contributed by atoms with van der Waals surface area (Å²) in [6.07, 6.45) is 4.47. The molecule has 26 heavy (non-hydrogen) atoms. The molecule has 0 spiro atoms. The molecule has 2 N–H and O–H groups in total. The molecule has 0 saturated heterocycles. The van der Waals surface area contributed by atoms with E-state index in [9.17, 15) is 19.7 Å².